The smallest absolute Gasteiger partial charge is 0.243 e. The molecular weight excluding hydrogens is 448 g/mol. The summed E-state index contributed by atoms with van der Waals surface area (Å²) in [5, 5.41) is 16.1. The summed E-state index contributed by atoms with van der Waals surface area (Å²) in [5.41, 5.74) is 0.752. The van der Waals surface area contributed by atoms with Gasteiger partial charge in [0.2, 0.25) is 17.7 Å². The van der Waals surface area contributed by atoms with Crippen LogP contribution in [0.2, 0.25) is 0 Å². The molecule has 0 spiro atoms. The van der Waals surface area contributed by atoms with E-state index in [0.717, 1.165) is 18.7 Å². The van der Waals surface area contributed by atoms with Crippen molar-refractivity contribution in [1.29, 1.82) is 0 Å². The van der Waals surface area contributed by atoms with Crippen molar-refractivity contribution in [2.45, 2.75) is 19.0 Å². The Bertz CT molecular complexity index is 933. The number of rotatable bonds is 8. The lowest BCUT2D eigenvalue weighted by Gasteiger charge is -2.34. The number of ether oxygens (including phenoxy) is 1. The van der Waals surface area contributed by atoms with Gasteiger partial charge in [-0.2, -0.15) is 0 Å². The second-order valence-corrected chi connectivity index (χ2v) is 9.53. The molecule has 0 saturated carbocycles. The van der Waals surface area contributed by atoms with Crippen molar-refractivity contribution in [2.75, 3.05) is 53.0 Å². The maximum atomic E-state index is 13.9. The van der Waals surface area contributed by atoms with Crippen LogP contribution in [0.25, 0.3) is 0 Å². The number of nitrogens with zero attached hydrogens (tertiary/aromatic N) is 2. The molecule has 4 rings (SSSR count). The van der Waals surface area contributed by atoms with Crippen molar-refractivity contribution >= 4 is 17.7 Å². The van der Waals surface area contributed by atoms with Crippen LogP contribution in [0.4, 0.5) is 0 Å². The summed E-state index contributed by atoms with van der Waals surface area (Å²) in [7, 11) is 1.57. The summed E-state index contributed by atoms with van der Waals surface area (Å²) in [5.74, 6) is -2.58. The highest BCUT2D eigenvalue weighted by Gasteiger charge is 2.58. The zero-order valence-electron chi connectivity index (χ0n) is 20.4. The molecule has 3 amide bonds. The molecule has 35 heavy (non-hydrogen) atoms. The van der Waals surface area contributed by atoms with Gasteiger partial charge in [-0.1, -0.05) is 49.4 Å². The zero-order valence-corrected chi connectivity index (χ0v) is 20.4. The van der Waals surface area contributed by atoms with Crippen molar-refractivity contribution < 1.29 is 24.2 Å². The van der Waals surface area contributed by atoms with Crippen molar-refractivity contribution in [3.63, 3.8) is 0 Å². The molecule has 0 aromatic heterocycles. The van der Waals surface area contributed by atoms with Gasteiger partial charge in [-0.15, -0.1) is 0 Å². The number of nitrogens with one attached hydrogen (secondary N) is 2. The first-order valence-corrected chi connectivity index (χ1v) is 12.4. The van der Waals surface area contributed by atoms with Gasteiger partial charge < -0.3 is 25.4 Å². The molecule has 3 aliphatic rings. The van der Waals surface area contributed by atoms with Crippen molar-refractivity contribution in [1.82, 2.24) is 20.4 Å². The van der Waals surface area contributed by atoms with Gasteiger partial charge in [-0.05, 0) is 11.5 Å². The first-order valence-electron chi connectivity index (χ1n) is 12.4. The van der Waals surface area contributed by atoms with E-state index in [4.69, 9.17) is 4.74 Å². The second-order valence-electron chi connectivity index (χ2n) is 9.53. The van der Waals surface area contributed by atoms with E-state index in [0.29, 0.717) is 26.3 Å². The number of carbonyl (C=O) groups excluding carboxylic acids is 3. The number of hydrogen-bond donors (Lipinski definition) is 3. The third-order valence-electron chi connectivity index (χ3n) is 7.55. The van der Waals surface area contributed by atoms with Gasteiger partial charge in [0.25, 0.3) is 0 Å². The van der Waals surface area contributed by atoms with E-state index in [2.05, 4.69) is 15.5 Å². The highest BCUT2D eigenvalue weighted by molar-refractivity contribution is 5.97. The number of likely N-dealkylation sites (tertiary alicyclic amines) is 1. The summed E-state index contributed by atoms with van der Waals surface area (Å²) in [4.78, 5) is 44.1. The molecule has 1 aromatic carbocycles. The predicted octanol–water partition coefficient (Wildman–Crippen LogP) is 0.180. The van der Waals surface area contributed by atoms with Crippen LogP contribution >= 0.6 is 0 Å². The molecule has 2 heterocycles. The molecular formula is C26H36N4O5. The zero-order chi connectivity index (χ0) is 24.9. The van der Waals surface area contributed by atoms with E-state index in [-0.39, 0.29) is 30.2 Å². The predicted molar refractivity (Wildman–Crippen MR) is 130 cm³/mol. The minimum Gasteiger partial charge on any atom is -0.394 e. The summed E-state index contributed by atoms with van der Waals surface area (Å²) in [6, 6.07) is 7.75. The average molecular weight is 485 g/mol. The van der Waals surface area contributed by atoms with Crippen molar-refractivity contribution in [2.24, 2.45) is 23.7 Å². The normalized spacial score (nSPS) is 29.5. The lowest BCUT2D eigenvalue weighted by atomic mass is 9.70. The van der Waals surface area contributed by atoms with Crippen molar-refractivity contribution in [3.8, 4) is 0 Å². The topological polar surface area (TPSA) is 111 Å². The van der Waals surface area contributed by atoms with E-state index in [1.54, 1.807) is 7.05 Å². The summed E-state index contributed by atoms with van der Waals surface area (Å²) < 4.78 is 5.38. The number of fused-ring (bicyclic) bond motifs is 1. The number of hydrogen-bond acceptors (Lipinski definition) is 6. The van der Waals surface area contributed by atoms with Crippen LogP contribution < -0.4 is 10.6 Å². The first-order chi connectivity index (χ1) is 17.0. The average Bonchev–Trinajstić information content (AvgIpc) is 3.17. The fourth-order valence-corrected chi connectivity index (χ4v) is 5.74. The minimum atomic E-state index is -0.814. The van der Waals surface area contributed by atoms with Crippen molar-refractivity contribution in [3.05, 3.63) is 48.0 Å². The monoisotopic (exact) mass is 484 g/mol. The third kappa shape index (κ3) is 5.12. The Morgan fingerprint density at radius 3 is 2.51 bits per heavy atom. The number of carbonyl (C=O) groups is 3. The Balaban J connectivity index is 1.63. The van der Waals surface area contributed by atoms with Gasteiger partial charge in [-0.3, -0.25) is 19.3 Å². The largest absolute Gasteiger partial charge is 0.394 e. The molecule has 0 unspecified atom stereocenters. The number of morpholine rings is 1. The lowest BCUT2D eigenvalue weighted by Crippen LogP contribution is -2.50. The van der Waals surface area contributed by atoms with Crippen LogP contribution in [0.1, 0.15) is 18.5 Å². The Kier molecular flexibility index (Phi) is 8.20. The number of allylic oxidation sites excluding steroid dienone is 1. The summed E-state index contributed by atoms with van der Waals surface area (Å²) in [6.07, 6.45) is 3.85. The molecule has 2 fully saturated rings. The van der Waals surface area contributed by atoms with Gasteiger partial charge in [-0.25, -0.2) is 0 Å². The molecule has 2 aliphatic heterocycles. The summed E-state index contributed by atoms with van der Waals surface area (Å²) >= 11 is 0. The molecule has 1 aliphatic carbocycles. The van der Waals surface area contributed by atoms with E-state index >= 15 is 0 Å². The SMILES string of the molecule is CNC(=O)[C@H]1[C@H]2C(=O)N([C@H](CO)c3ccccc3)[C@H](C(=O)NCCN3CCOCC3)[C@H]2C=C[C@H]1C. The molecule has 0 radical (unpaired) electrons. The Morgan fingerprint density at radius 2 is 1.86 bits per heavy atom. The van der Waals surface area contributed by atoms with Gasteiger partial charge in [0.1, 0.15) is 6.04 Å². The van der Waals surface area contributed by atoms with E-state index in [1.165, 1.54) is 4.90 Å². The van der Waals surface area contributed by atoms with Gasteiger partial charge in [0, 0.05) is 39.1 Å². The number of benzene rings is 1. The maximum absolute atomic E-state index is 13.9. The first kappa shape index (κ1) is 25.3. The number of amides is 3. The van der Waals surface area contributed by atoms with Gasteiger partial charge in [0.05, 0.1) is 37.7 Å². The Hall–Kier alpha value is -2.75. The molecule has 190 valence electrons. The van der Waals surface area contributed by atoms with Crippen LogP contribution in [-0.2, 0) is 19.1 Å². The van der Waals surface area contributed by atoms with Gasteiger partial charge >= 0.3 is 0 Å². The highest BCUT2D eigenvalue weighted by Crippen LogP contribution is 2.46. The molecule has 0 bridgehead atoms. The standard InChI is InChI=1S/C26H36N4O5/c1-17-8-9-19-22(21(17)24(32)27-2)26(34)30(20(16-31)18-6-4-3-5-7-18)23(19)25(33)28-10-11-29-12-14-35-15-13-29/h3-9,17,19-23,31H,10-16H2,1-2H3,(H,27,32)(H,28,33)/t17-,19+,20-,21-,22+,23+/m1/s1. The van der Waals surface area contributed by atoms with Crippen LogP contribution in [0.15, 0.2) is 42.5 Å². The number of aliphatic hydroxyl groups excluding tert-OH is 1. The maximum Gasteiger partial charge on any atom is 0.243 e. The molecule has 9 nitrogen and oxygen atoms in total. The molecule has 6 atom stereocenters. The van der Waals surface area contributed by atoms with Gasteiger partial charge in [0.15, 0.2) is 0 Å². The van der Waals surface area contributed by atoms with Crippen LogP contribution in [0.3, 0.4) is 0 Å². The quantitative estimate of drug-likeness (QED) is 0.454. The fraction of sp³-hybridized carbons (Fsp3) is 0.577. The van der Waals surface area contributed by atoms with E-state index < -0.39 is 29.8 Å². The molecule has 9 heteroatoms. The fourth-order valence-electron chi connectivity index (χ4n) is 5.74. The Labute approximate surface area is 206 Å². The van der Waals surface area contributed by atoms with E-state index in [9.17, 15) is 19.5 Å². The third-order valence-corrected chi connectivity index (χ3v) is 7.55. The summed E-state index contributed by atoms with van der Waals surface area (Å²) in [6.45, 7) is 5.75. The molecule has 3 N–H and O–H groups in total. The van der Waals surface area contributed by atoms with Crippen LogP contribution in [-0.4, -0.2) is 91.7 Å². The highest BCUT2D eigenvalue weighted by atomic mass is 16.5. The minimum absolute atomic E-state index is 0.144. The number of aliphatic hydroxyl groups is 1. The van der Waals surface area contributed by atoms with E-state index in [1.807, 2.05) is 49.4 Å². The lowest BCUT2D eigenvalue weighted by molar-refractivity contribution is -0.143. The Morgan fingerprint density at radius 1 is 1.14 bits per heavy atom. The molecule has 1 aromatic rings. The van der Waals surface area contributed by atoms with Crippen LogP contribution in [0.5, 0.6) is 0 Å². The molecule has 2 saturated heterocycles. The van der Waals surface area contributed by atoms with Crippen LogP contribution in [0, 0.1) is 23.7 Å². The second kappa shape index (κ2) is 11.3.